The number of rotatable bonds is 6. The Labute approximate surface area is 153 Å². The van der Waals surface area contributed by atoms with Crippen molar-refractivity contribution in [2.45, 2.75) is 0 Å². The second-order valence-corrected chi connectivity index (χ2v) is 6.00. The number of pyridine rings is 1. The summed E-state index contributed by atoms with van der Waals surface area (Å²) in [5.41, 5.74) is 3.34. The number of benzene rings is 1. The second-order valence-electron chi connectivity index (χ2n) is 4.29. The molecule has 0 spiro atoms. The van der Waals surface area contributed by atoms with E-state index in [-0.39, 0.29) is 12.3 Å². The van der Waals surface area contributed by atoms with Crippen molar-refractivity contribution in [2.24, 2.45) is 5.10 Å². The van der Waals surface area contributed by atoms with E-state index in [0.29, 0.717) is 20.5 Å². The fourth-order valence-electron chi connectivity index (χ4n) is 1.63. The minimum atomic E-state index is -0.523. The predicted molar refractivity (Wildman–Crippen MR) is 95.1 cm³/mol. The molecule has 1 aromatic carbocycles. The molecule has 2 rings (SSSR count). The molecule has 2 aromatic rings. The van der Waals surface area contributed by atoms with Gasteiger partial charge in [0, 0.05) is 6.07 Å². The van der Waals surface area contributed by atoms with Crippen molar-refractivity contribution in [3.8, 4) is 11.8 Å². The Bertz CT molecular complexity index is 795. The molecule has 0 atom stereocenters. The molecule has 1 heterocycles. The normalized spacial score (nSPS) is 10.4. The van der Waals surface area contributed by atoms with Crippen LogP contribution in [0.15, 0.2) is 44.5 Å². The lowest BCUT2D eigenvalue weighted by Gasteiger charge is -2.08. The van der Waals surface area contributed by atoms with Crippen LogP contribution in [0.25, 0.3) is 0 Å². The standard InChI is InChI=1S/C14H9Br2N5O3/c15-11-5-9(6-12(16)14(11)24-4-3-17)7-19-20-13-2-1-10(8-18-13)21(22)23/h1-2,5-8H,4H2,(H,18,20)/b19-7+. The maximum atomic E-state index is 10.5. The van der Waals surface area contributed by atoms with Gasteiger partial charge in [-0.3, -0.25) is 15.5 Å². The lowest BCUT2D eigenvalue weighted by Crippen LogP contribution is -1.97. The van der Waals surface area contributed by atoms with Crippen molar-refractivity contribution in [1.82, 2.24) is 4.98 Å². The van der Waals surface area contributed by atoms with Crippen LogP contribution < -0.4 is 10.2 Å². The Balaban J connectivity index is 2.06. The molecule has 1 N–H and O–H groups in total. The summed E-state index contributed by atoms with van der Waals surface area (Å²) in [7, 11) is 0. The number of hydrogen-bond donors (Lipinski definition) is 1. The average molecular weight is 455 g/mol. The molecule has 0 saturated carbocycles. The van der Waals surface area contributed by atoms with Crippen LogP contribution in [0.4, 0.5) is 11.5 Å². The fourth-order valence-corrected chi connectivity index (χ4v) is 3.08. The van der Waals surface area contributed by atoms with Gasteiger partial charge in [0.1, 0.15) is 23.8 Å². The van der Waals surface area contributed by atoms with Crippen LogP contribution in [0.2, 0.25) is 0 Å². The van der Waals surface area contributed by atoms with Gasteiger partial charge in [0.05, 0.1) is 20.1 Å². The molecule has 0 radical (unpaired) electrons. The number of ether oxygens (including phenoxy) is 1. The number of nitro groups is 1. The number of nitriles is 1. The van der Waals surface area contributed by atoms with Gasteiger partial charge < -0.3 is 4.74 Å². The summed E-state index contributed by atoms with van der Waals surface area (Å²) < 4.78 is 6.63. The molecule has 10 heteroatoms. The topological polar surface area (TPSA) is 113 Å². The molecule has 0 aliphatic heterocycles. The number of aromatic nitrogens is 1. The van der Waals surface area contributed by atoms with Crippen molar-refractivity contribution >= 4 is 49.6 Å². The van der Waals surface area contributed by atoms with E-state index in [4.69, 9.17) is 10.00 Å². The van der Waals surface area contributed by atoms with Crippen LogP contribution in [-0.4, -0.2) is 22.7 Å². The Kier molecular flexibility index (Phi) is 6.22. The van der Waals surface area contributed by atoms with Crippen LogP contribution in [0.5, 0.6) is 5.75 Å². The average Bonchev–Trinajstić information content (AvgIpc) is 2.54. The molecule has 0 aliphatic rings. The van der Waals surface area contributed by atoms with E-state index in [0.717, 1.165) is 11.8 Å². The molecule has 0 aliphatic carbocycles. The Morgan fingerprint density at radius 3 is 2.67 bits per heavy atom. The van der Waals surface area contributed by atoms with Crippen LogP contribution in [0, 0.1) is 21.4 Å². The molecule has 0 amide bonds. The number of hydrogen-bond acceptors (Lipinski definition) is 7. The first-order valence-electron chi connectivity index (χ1n) is 6.39. The Hall–Kier alpha value is -2.51. The van der Waals surface area contributed by atoms with E-state index in [1.165, 1.54) is 12.1 Å². The quantitative estimate of drug-likeness (QED) is 0.402. The molecular formula is C14H9Br2N5O3. The van der Waals surface area contributed by atoms with Crippen molar-refractivity contribution in [3.05, 3.63) is 55.1 Å². The van der Waals surface area contributed by atoms with Gasteiger partial charge in [-0.15, -0.1) is 0 Å². The third-order valence-corrected chi connectivity index (χ3v) is 3.83. The number of anilines is 1. The summed E-state index contributed by atoms with van der Waals surface area (Å²) in [6.45, 7) is -0.0575. The van der Waals surface area contributed by atoms with E-state index < -0.39 is 4.92 Å². The van der Waals surface area contributed by atoms with Crippen LogP contribution >= 0.6 is 31.9 Å². The van der Waals surface area contributed by atoms with Crippen LogP contribution in [-0.2, 0) is 0 Å². The first-order chi connectivity index (χ1) is 11.5. The predicted octanol–water partition coefficient (Wildman–Crippen LogP) is 3.86. The Morgan fingerprint density at radius 2 is 2.12 bits per heavy atom. The van der Waals surface area contributed by atoms with E-state index in [1.807, 2.05) is 6.07 Å². The maximum absolute atomic E-state index is 10.5. The smallest absolute Gasteiger partial charge is 0.287 e. The van der Waals surface area contributed by atoms with Gasteiger partial charge in [0.2, 0.25) is 0 Å². The maximum Gasteiger partial charge on any atom is 0.287 e. The molecule has 0 fully saturated rings. The zero-order chi connectivity index (χ0) is 17.5. The van der Waals surface area contributed by atoms with E-state index in [2.05, 4.69) is 47.4 Å². The lowest BCUT2D eigenvalue weighted by atomic mass is 10.2. The van der Waals surface area contributed by atoms with Gasteiger partial charge in [0.15, 0.2) is 6.61 Å². The van der Waals surface area contributed by atoms with Gasteiger partial charge in [-0.2, -0.15) is 10.4 Å². The van der Waals surface area contributed by atoms with Crippen molar-refractivity contribution < 1.29 is 9.66 Å². The summed E-state index contributed by atoms with van der Waals surface area (Å²) in [5.74, 6) is 0.905. The number of halogens is 2. The molecular weight excluding hydrogens is 446 g/mol. The number of hydrazone groups is 1. The zero-order valence-electron chi connectivity index (χ0n) is 11.9. The molecule has 8 nitrogen and oxygen atoms in total. The third kappa shape index (κ3) is 4.74. The first-order valence-corrected chi connectivity index (χ1v) is 7.98. The molecule has 122 valence electrons. The second kappa shape index (κ2) is 8.37. The summed E-state index contributed by atoms with van der Waals surface area (Å²) >= 11 is 6.73. The van der Waals surface area contributed by atoms with Gasteiger partial charge in [0.25, 0.3) is 5.69 Å². The van der Waals surface area contributed by atoms with Crippen LogP contribution in [0.1, 0.15) is 5.56 Å². The van der Waals surface area contributed by atoms with E-state index >= 15 is 0 Å². The molecule has 0 unspecified atom stereocenters. The van der Waals surface area contributed by atoms with Crippen molar-refractivity contribution in [1.29, 1.82) is 5.26 Å². The first kappa shape index (κ1) is 17.8. The highest BCUT2D eigenvalue weighted by atomic mass is 79.9. The largest absolute Gasteiger partial charge is 0.476 e. The summed E-state index contributed by atoms with van der Waals surface area (Å²) in [6.07, 6.45) is 2.69. The summed E-state index contributed by atoms with van der Waals surface area (Å²) in [5, 5.41) is 23.1. The summed E-state index contributed by atoms with van der Waals surface area (Å²) in [4.78, 5) is 13.9. The highest BCUT2D eigenvalue weighted by molar-refractivity contribution is 9.11. The zero-order valence-corrected chi connectivity index (χ0v) is 15.1. The van der Waals surface area contributed by atoms with Crippen molar-refractivity contribution in [2.75, 3.05) is 12.0 Å². The molecule has 1 aromatic heterocycles. The van der Waals surface area contributed by atoms with Gasteiger partial charge in [-0.1, -0.05) is 0 Å². The SMILES string of the molecule is N#CCOc1c(Br)cc(/C=N/Nc2ccc([N+](=O)[O-])cn2)cc1Br. The van der Waals surface area contributed by atoms with Crippen molar-refractivity contribution in [3.63, 3.8) is 0 Å². The third-order valence-electron chi connectivity index (χ3n) is 2.65. The highest BCUT2D eigenvalue weighted by Crippen LogP contribution is 2.34. The fraction of sp³-hybridized carbons (Fsp3) is 0.0714. The van der Waals surface area contributed by atoms with Gasteiger partial charge >= 0.3 is 0 Å². The minimum absolute atomic E-state index is 0.0575. The molecule has 24 heavy (non-hydrogen) atoms. The molecule has 0 saturated heterocycles. The van der Waals surface area contributed by atoms with Gasteiger partial charge in [-0.05, 0) is 55.6 Å². The van der Waals surface area contributed by atoms with Crippen LogP contribution in [0.3, 0.4) is 0 Å². The van der Waals surface area contributed by atoms with E-state index in [9.17, 15) is 10.1 Å². The number of nitrogens with one attached hydrogen (secondary N) is 1. The van der Waals surface area contributed by atoms with Gasteiger partial charge in [-0.25, -0.2) is 4.98 Å². The Morgan fingerprint density at radius 1 is 1.42 bits per heavy atom. The summed E-state index contributed by atoms with van der Waals surface area (Å²) in [6, 6.07) is 8.23. The molecule has 0 bridgehead atoms. The van der Waals surface area contributed by atoms with E-state index in [1.54, 1.807) is 18.3 Å². The lowest BCUT2D eigenvalue weighted by molar-refractivity contribution is -0.385. The minimum Gasteiger partial charge on any atom is -0.476 e. The highest BCUT2D eigenvalue weighted by Gasteiger charge is 2.08. The number of nitrogens with zero attached hydrogens (tertiary/aromatic N) is 4. The monoisotopic (exact) mass is 453 g/mol.